The molecule has 10 rings (SSSR count). The van der Waals surface area contributed by atoms with Gasteiger partial charge in [-0.3, -0.25) is 0 Å². The Labute approximate surface area is 298 Å². The van der Waals surface area contributed by atoms with Crippen molar-refractivity contribution in [3.8, 4) is 11.1 Å². The van der Waals surface area contributed by atoms with Gasteiger partial charge in [0.05, 0.1) is 11.4 Å². The molecule has 1 unspecified atom stereocenters. The summed E-state index contributed by atoms with van der Waals surface area (Å²) in [5.41, 5.74) is 12.9. The topological polar surface area (TPSA) is 29.5 Å². The van der Waals surface area contributed by atoms with Gasteiger partial charge in [0, 0.05) is 38.9 Å². The van der Waals surface area contributed by atoms with Gasteiger partial charge in [-0.2, -0.15) is 0 Å². The van der Waals surface area contributed by atoms with Crippen LogP contribution in [0.15, 0.2) is 136 Å². The van der Waals surface area contributed by atoms with Crippen molar-refractivity contribution in [2.24, 2.45) is 0 Å². The number of benzene rings is 6. The van der Waals surface area contributed by atoms with Gasteiger partial charge < -0.3 is 13.7 Å². The summed E-state index contributed by atoms with van der Waals surface area (Å²) in [7, 11) is 0. The van der Waals surface area contributed by atoms with Crippen molar-refractivity contribution in [2.75, 3.05) is 4.90 Å². The van der Waals surface area contributed by atoms with Gasteiger partial charge in [-0.25, -0.2) is 0 Å². The zero-order valence-electron chi connectivity index (χ0n) is 29.9. The molecule has 6 aromatic carbocycles. The predicted octanol–water partition coefficient (Wildman–Crippen LogP) is 13.8. The predicted molar refractivity (Wildman–Crippen MR) is 213 cm³/mol. The summed E-state index contributed by atoms with van der Waals surface area (Å²) in [6, 6.07) is 43.9. The van der Waals surface area contributed by atoms with E-state index in [0.717, 1.165) is 52.1 Å². The molecular weight excluding hydrogens is 623 g/mol. The third-order valence-corrected chi connectivity index (χ3v) is 11.7. The van der Waals surface area contributed by atoms with Crippen LogP contribution in [0.4, 0.5) is 11.4 Å². The molecule has 51 heavy (non-hydrogen) atoms. The fourth-order valence-corrected chi connectivity index (χ4v) is 9.61. The minimum atomic E-state index is 0.0962. The lowest BCUT2D eigenvalue weighted by Crippen LogP contribution is -2.20. The Morgan fingerprint density at radius 1 is 0.588 bits per heavy atom. The lowest BCUT2D eigenvalue weighted by atomic mass is 9.82. The summed E-state index contributed by atoms with van der Waals surface area (Å²) >= 11 is 0. The van der Waals surface area contributed by atoms with Gasteiger partial charge in [0.2, 0.25) is 0 Å². The summed E-state index contributed by atoms with van der Waals surface area (Å²) in [5.74, 6) is 1.18. The van der Waals surface area contributed by atoms with E-state index in [0.29, 0.717) is 0 Å². The molecular formula is C48H41NO2. The highest BCUT2D eigenvalue weighted by Crippen LogP contribution is 2.53. The average molecular weight is 664 g/mol. The second kappa shape index (κ2) is 10.7. The number of fused-ring (bicyclic) bond motifs is 8. The van der Waals surface area contributed by atoms with Crippen LogP contribution < -0.4 is 4.90 Å². The summed E-state index contributed by atoms with van der Waals surface area (Å²) in [5, 5.41) is 5.95. The summed E-state index contributed by atoms with van der Waals surface area (Å²) in [6.07, 6.45) is 4.26. The zero-order valence-corrected chi connectivity index (χ0v) is 29.9. The smallest absolute Gasteiger partial charge is 0.159 e. The number of hydrogen-bond donors (Lipinski definition) is 0. The molecule has 1 atom stereocenters. The van der Waals surface area contributed by atoms with E-state index in [1.165, 1.54) is 55.1 Å². The zero-order chi connectivity index (χ0) is 34.6. The van der Waals surface area contributed by atoms with E-state index in [1.54, 1.807) is 0 Å². The van der Waals surface area contributed by atoms with Crippen molar-refractivity contribution >= 4 is 61.1 Å². The first-order valence-electron chi connectivity index (χ1n) is 18.3. The minimum Gasteiger partial charge on any atom is -0.456 e. The molecule has 0 spiro atoms. The third-order valence-electron chi connectivity index (χ3n) is 11.7. The van der Waals surface area contributed by atoms with Gasteiger partial charge in [-0.1, -0.05) is 120 Å². The molecule has 0 aliphatic heterocycles. The first-order valence-corrected chi connectivity index (χ1v) is 18.3. The van der Waals surface area contributed by atoms with E-state index in [9.17, 15) is 0 Å². The first-order chi connectivity index (χ1) is 24.7. The van der Waals surface area contributed by atoms with E-state index in [4.69, 9.17) is 8.83 Å². The second-order valence-electron chi connectivity index (χ2n) is 16.1. The van der Waals surface area contributed by atoms with E-state index in [1.807, 2.05) is 0 Å². The molecule has 250 valence electrons. The van der Waals surface area contributed by atoms with Gasteiger partial charge in [-0.05, 0) is 93.6 Å². The molecule has 8 aromatic rings. The normalized spacial score (nSPS) is 17.6. The molecule has 0 saturated carbocycles. The number of anilines is 2. The van der Waals surface area contributed by atoms with Gasteiger partial charge in [0.25, 0.3) is 0 Å². The van der Waals surface area contributed by atoms with Crippen LogP contribution in [0.2, 0.25) is 0 Å². The maximum Gasteiger partial charge on any atom is 0.159 e. The number of furan rings is 2. The second-order valence-corrected chi connectivity index (χ2v) is 16.1. The Kier molecular flexibility index (Phi) is 6.38. The van der Waals surface area contributed by atoms with Crippen LogP contribution in [0.1, 0.15) is 75.8 Å². The molecule has 3 heteroatoms. The molecule has 2 aromatic heterocycles. The Balaban J connectivity index is 1.20. The van der Waals surface area contributed by atoms with Crippen LogP contribution in [0.25, 0.3) is 60.9 Å². The Bertz CT molecular complexity index is 2710. The van der Waals surface area contributed by atoms with Gasteiger partial charge in [0.1, 0.15) is 16.9 Å². The van der Waals surface area contributed by atoms with Crippen molar-refractivity contribution < 1.29 is 8.83 Å². The fraction of sp³-hybridized carbons (Fsp3) is 0.208. The van der Waals surface area contributed by atoms with Crippen molar-refractivity contribution in [3.63, 3.8) is 0 Å². The molecule has 2 heterocycles. The molecule has 2 aliphatic carbocycles. The highest BCUT2D eigenvalue weighted by Gasteiger charge is 2.42. The molecule has 0 saturated heterocycles. The lowest BCUT2D eigenvalue weighted by Gasteiger charge is -2.32. The van der Waals surface area contributed by atoms with Gasteiger partial charge >= 0.3 is 0 Å². The molecule has 0 bridgehead atoms. The standard InChI is InChI=1S/C48H41NO2/c1-29-23-33(25-44-45(29)37-24-32(21-22-42(37)50-44)30-13-7-6-8-14-30)49(40-19-11-16-31-15-9-10-17-34(31)40)41-20-12-18-35-36-26-38-39(27-43(36)51-46(35)41)48(4,5)28-47(38,2)3/h6-22,24-27,29H,23,28H2,1-5H3. The van der Waals surface area contributed by atoms with E-state index in [2.05, 4.69) is 167 Å². The van der Waals surface area contributed by atoms with Crippen molar-refractivity contribution in [1.29, 1.82) is 0 Å². The number of hydrogen-bond acceptors (Lipinski definition) is 3. The number of rotatable bonds is 4. The Morgan fingerprint density at radius 3 is 2.14 bits per heavy atom. The highest BCUT2D eigenvalue weighted by molar-refractivity contribution is 6.11. The molecule has 0 radical (unpaired) electrons. The molecule has 2 aliphatic rings. The SMILES string of the molecule is CC1CC(N(c2cccc3ccccc23)c2cccc3c2oc2cc4c(cc23)C(C)(C)CC4(C)C)=Cc2oc3ccc(-c4ccccc4)cc3c21. The quantitative estimate of drug-likeness (QED) is 0.188. The maximum atomic E-state index is 6.98. The number of nitrogens with zero attached hydrogens (tertiary/aromatic N) is 1. The molecule has 0 amide bonds. The van der Waals surface area contributed by atoms with Crippen molar-refractivity contribution in [1.82, 2.24) is 0 Å². The molecule has 0 N–H and O–H groups in total. The number of para-hydroxylation sites is 1. The lowest BCUT2D eigenvalue weighted by molar-refractivity contribution is 0.403. The van der Waals surface area contributed by atoms with Crippen LogP contribution in [0.3, 0.4) is 0 Å². The number of allylic oxidation sites excluding steroid dienone is 1. The summed E-state index contributed by atoms with van der Waals surface area (Å²) < 4.78 is 13.7. The van der Waals surface area contributed by atoms with E-state index >= 15 is 0 Å². The van der Waals surface area contributed by atoms with Gasteiger partial charge in [-0.15, -0.1) is 0 Å². The monoisotopic (exact) mass is 663 g/mol. The maximum absolute atomic E-state index is 6.98. The van der Waals surface area contributed by atoms with Crippen LogP contribution in [-0.4, -0.2) is 0 Å². The van der Waals surface area contributed by atoms with E-state index in [-0.39, 0.29) is 16.7 Å². The molecule has 0 fully saturated rings. The summed E-state index contributed by atoms with van der Waals surface area (Å²) in [6.45, 7) is 11.8. The van der Waals surface area contributed by atoms with Gasteiger partial charge in [0.15, 0.2) is 5.58 Å². The van der Waals surface area contributed by atoms with Crippen molar-refractivity contribution in [2.45, 2.75) is 64.2 Å². The van der Waals surface area contributed by atoms with Crippen molar-refractivity contribution in [3.05, 3.63) is 149 Å². The minimum absolute atomic E-state index is 0.0962. The van der Waals surface area contributed by atoms with Crippen LogP contribution >= 0.6 is 0 Å². The average Bonchev–Trinajstić information content (AvgIpc) is 3.74. The largest absolute Gasteiger partial charge is 0.456 e. The fourth-order valence-electron chi connectivity index (χ4n) is 9.61. The highest BCUT2D eigenvalue weighted by atomic mass is 16.3. The van der Waals surface area contributed by atoms with Crippen LogP contribution in [-0.2, 0) is 10.8 Å². The molecule has 3 nitrogen and oxygen atoms in total. The third kappa shape index (κ3) is 4.57. The first kappa shape index (κ1) is 30.3. The Morgan fingerprint density at radius 2 is 1.29 bits per heavy atom. The van der Waals surface area contributed by atoms with E-state index < -0.39 is 0 Å². The van der Waals surface area contributed by atoms with Crippen LogP contribution in [0, 0.1) is 0 Å². The summed E-state index contributed by atoms with van der Waals surface area (Å²) in [4.78, 5) is 2.44. The Hall–Kier alpha value is -5.54. The van der Waals surface area contributed by atoms with Crippen LogP contribution in [0.5, 0.6) is 0 Å².